The Morgan fingerprint density at radius 2 is 2.06 bits per heavy atom. The van der Waals surface area contributed by atoms with E-state index in [2.05, 4.69) is 4.98 Å². The number of nitrogens with zero attached hydrogens (tertiary/aromatic N) is 1. The number of pyridine rings is 1. The molecule has 0 bridgehead atoms. The van der Waals surface area contributed by atoms with Crippen LogP contribution in [0.15, 0.2) is 36.5 Å². The minimum atomic E-state index is -0.892. The molecule has 0 aliphatic carbocycles. The molecule has 1 aromatic carbocycles. The summed E-state index contributed by atoms with van der Waals surface area (Å²) in [6, 6.07) is 7.56. The minimum Gasteiger partial charge on any atom is -0.386 e. The van der Waals surface area contributed by atoms with Crippen LogP contribution in [0.3, 0.4) is 0 Å². The molecule has 1 aromatic heterocycles. The zero-order chi connectivity index (χ0) is 13.1. The molecule has 0 amide bonds. The average Bonchev–Trinajstić information content (AvgIpc) is 2.28. The van der Waals surface area contributed by atoms with Crippen molar-refractivity contribution in [1.82, 2.24) is 4.98 Å². The second kappa shape index (κ2) is 5.65. The zero-order valence-electron chi connectivity index (χ0n) is 9.28. The van der Waals surface area contributed by atoms with Gasteiger partial charge in [0.15, 0.2) is 0 Å². The summed E-state index contributed by atoms with van der Waals surface area (Å²) in [4.78, 5) is 3.99. The highest BCUT2D eigenvalue weighted by atomic mass is 35.5. The SMILES string of the molecule is OC(Cc1cccc(F)c1)c1ncc(Cl)cc1Cl. The van der Waals surface area contributed by atoms with Gasteiger partial charge in [0.1, 0.15) is 11.9 Å². The van der Waals surface area contributed by atoms with Crippen molar-refractivity contribution < 1.29 is 9.50 Å². The van der Waals surface area contributed by atoms with Crippen LogP contribution in [0.2, 0.25) is 10.0 Å². The summed E-state index contributed by atoms with van der Waals surface area (Å²) in [6.07, 6.45) is 0.764. The van der Waals surface area contributed by atoms with Gasteiger partial charge >= 0.3 is 0 Å². The van der Waals surface area contributed by atoms with Gasteiger partial charge < -0.3 is 5.11 Å². The van der Waals surface area contributed by atoms with Crippen LogP contribution in [0, 0.1) is 5.82 Å². The number of hydrogen-bond acceptors (Lipinski definition) is 2. The van der Waals surface area contributed by atoms with Crippen molar-refractivity contribution in [3.8, 4) is 0 Å². The van der Waals surface area contributed by atoms with Gasteiger partial charge in [-0.1, -0.05) is 35.3 Å². The van der Waals surface area contributed by atoms with Gasteiger partial charge in [0, 0.05) is 12.6 Å². The second-order valence-electron chi connectivity index (χ2n) is 3.87. The molecule has 18 heavy (non-hydrogen) atoms. The van der Waals surface area contributed by atoms with Crippen LogP contribution in [0.5, 0.6) is 0 Å². The Morgan fingerprint density at radius 3 is 2.72 bits per heavy atom. The maximum atomic E-state index is 13.0. The molecule has 1 unspecified atom stereocenters. The van der Waals surface area contributed by atoms with Crippen molar-refractivity contribution in [2.45, 2.75) is 12.5 Å². The number of hydrogen-bond donors (Lipinski definition) is 1. The Bertz CT molecular complexity index is 562. The standard InChI is InChI=1S/C13H10Cl2FNO/c14-9-6-11(15)13(17-7-9)12(18)5-8-2-1-3-10(16)4-8/h1-4,6-7,12,18H,5H2. The van der Waals surface area contributed by atoms with Crippen LogP contribution in [-0.4, -0.2) is 10.1 Å². The lowest BCUT2D eigenvalue weighted by molar-refractivity contribution is 0.173. The quantitative estimate of drug-likeness (QED) is 0.930. The number of aromatic nitrogens is 1. The predicted molar refractivity (Wildman–Crippen MR) is 69.3 cm³/mol. The number of aliphatic hydroxyl groups is 1. The monoisotopic (exact) mass is 285 g/mol. The van der Waals surface area contributed by atoms with E-state index in [0.717, 1.165) is 0 Å². The van der Waals surface area contributed by atoms with Crippen molar-refractivity contribution >= 4 is 23.2 Å². The molecule has 0 spiro atoms. The van der Waals surface area contributed by atoms with Gasteiger partial charge in [-0.25, -0.2) is 4.39 Å². The summed E-state index contributed by atoms with van der Waals surface area (Å²) in [6.45, 7) is 0. The van der Waals surface area contributed by atoms with Crippen molar-refractivity contribution in [2.24, 2.45) is 0 Å². The third kappa shape index (κ3) is 3.19. The van der Waals surface area contributed by atoms with E-state index in [4.69, 9.17) is 23.2 Å². The van der Waals surface area contributed by atoms with E-state index in [1.165, 1.54) is 24.4 Å². The summed E-state index contributed by atoms with van der Waals surface area (Å²) >= 11 is 11.7. The molecule has 1 heterocycles. The van der Waals surface area contributed by atoms with Crippen molar-refractivity contribution in [3.05, 3.63) is 63.6 Å². The van der Waals surface area contributed by atoms with Crippen LogP contribution in [0.25, 0.3) is 0 Å². The molecule has 2 nitrogen and oxygen atoms in total. The van der Waals surface area contributed by atoms with Crippen molar-refractivity contribution in [3.63, 3.8) is 0 Å². The highest BCUT2D eigenvalue weighted by Gasteiger charge is 2.14. The third-order valence-electron chi connectivity index (χ3n) is 2.47. The lowest BCUT2D eigenvalue weighted by Crippen LogP contribution is -2.05. The predicted octanol–water partition coefficient (Wildman–Crippen LogP) is 3.80. The number of rotatable bonds is 3. The van der Waals surface area contributed by atoms with Gasteiger partial charge in [0.05, 0.1) is 15.7 Å². The Morgan fingerprint density at radius 1 is 1.28 bits per heavy atom. The smallest absolute Gasteiger partial charge is 0.123 e. The lowest BCUT2D eigenvalue weighted by Gasteiger charge is -2.11. The van der Waals surface area contributed by atoms with Crippen LogP contribution in [0.4, 0.5) is 4.39 Å². The molecule has 0 aliphatic rings. The highest BCUT2D eigenvalue weighted by Crippen LogP contribution is 2.26. The molecular weight excluding hydrogens is 276 g/mol. The van der Waals surface area contributed by atoms with Gasteiger partial charge in [0.2, 0.25) is 0 Å². The van der Waals surface area contributed by atoms with Crippen LogP contribution < -0.4 is 0 Å². The minimum absolute atomic E-state index is 0.242. The molecule has 5 heteroatoms. The largest absolute Gasteiger partial charge is 0.386 e. The first-order valence-corrected chi connectivity index (χ1v) is 6.05. The molecule has 1 N–H and O–H groups in total. The van der Waals surface area contributed by atoms with Crippen LogP contribution in [0.1, 0.15) is 17.4 Å². The number of halogens is 3. The third-order valence-corrected chi connectivity index (χ3v) is 2.98. The first kappa shape index (κ1) is 13.3. The Hall–Kier alpha value is -1.16. The van der Waals surface area contributed by atoms with Crippen molar-refractivity contribution in [2.75, 3.05) is 0 Å². The molecule has 94 valence electrons. The topological polar surface area (TPSA) is 33.1 Å². The van der Waals surface area contributed by atoms with E-state index in [1.807, 2.05) is 0 Å². The summed E-state index contributed by atoms with van der Waals surface area (Å²) in [7, 11) is 0. The molecule has 2 rings (SSSR count). The number of aliphatic hydroxyl groups excluding tert-OH is 1. The summed E-state index contributed by atoms with van der Waals surface area (Å²) in [5, 5.41) is 10.7. The lowest BCUT2D eigenvalue weighted by atomic mass is 10.1. The normalized spacial score (nSPS) is 12.4. The Labute approximate surface area is 114 Å². The maximum Gasteiger partial charge on any atom is 0.123 e. The summed E-state index contributed by atoms with van der Waals surface area (Å²) < 4.78 is 13.0. The summed E-state index contributed by atoms with van der Waals surface area (Å²) in [5.41, 5.74) is 1.01. The van der Waals surface area contributed by atoms with Gasteiger partial charge in [-0.3, -0.25) is 4.98 Å². The fraction of sp³-hybridized carbons (Fsp3) is 0.154. The molecule has 2 aromatic rings. The van der Waals surface area contributed by atoms with Crippen LogP contribution >= 0.6 is 23.2 Å². The molecule has 0 radical (unpaired) electrons. The van der Waals surface area contributed by atoms with Crippen molar-refractivity contribution in [1.29, 1.82) is 0 Å². The first-order chi connectivity index (χ1) is 8.56. The first-order valence-electron chi connectivity index (χ1n) is 5.29. The van der Waals surface area contributed by atoms with E-state index in [-0.39, 0.29) is 12.2 Å². The van der Waals surface area contributed by atoms with E-state index in [0.29, 0.717) is 21.3 Å². The van der Waals surface area contributed by atoms with Crippen LogP contribution in [-0.2, 0) is 6.42 Å². The molecule has 0 saturated carbocycles. The Balaban J connectivity index is 2.19. The van der Waals surface area contributed by atoms with E-state index in [9.17, 15) is 9.50 Å². The highest BCUT2D eigenvalue weighted by molar-refractivity contribution is 6.34. The van der Waals surface area contributed by atoms with Gasteiger partial charge in [-0.15, -0.1) is 0 Å². The van der Waals surface area contributed by atoms with Gasteiger partial charge in [-0.05, 0) is 23.8 Å². The van der Waals surface area contributed by atoms with Gasteiger partial charge in [-0.2, -0.15) is 0 Å². The molecule has 0 fully saturated rings. The fourth-order valence-electron chi connectivity index (χ4n) is 1.65. The van der Waals surface area contributed by atoms with E-state index < -0.39 is 6.10 Å². The molecule has 0 saturated heterocycles. The second-order valence-corrected chi connectivity index (χ2v) is 4.71. The zero-order valence-corrected chi connectivity index (χ0v) is 10.8. The number of benzene rings is 1. The maximum absolute atomic E-state index is 13.0. The fourth-order valence-corrected chi connectivity index (χ4v) is 2.16. The molecule has 0 aliphatic heterocycles. The van der Waals surface area contributed by atoms with E-state index in [1.54, 1.807) is 12.1 Å². The average molecular weight is 286 g/mol. The molecular formula is C13H10Cl2FNO. The van der Waals surface area contributed by atoms with E-state index >= 15 is 0 Å². The van der Waals surface area contributed by atoms with Gasteiger partial charge in [0.25, 0.3) is 0 Å². The molecule has 1 atom stereocenters. The summed E-state index contributed by atoms with van der Waals surface area (Å²) in [5.74, 6) is -0.338. The Kier molecular flexibility index (Phi) is 4.17.